The van der Waals surface area contributed by atoms with Gasteiger partial charge in [0.15, 0.2) is 0 Å². The van der Waals surface area contributed by atoms with Crippen LogP contribution in [0, 0.1) is 19.8 Å². The summed E-state index contributed by atoms with van der Waals surface area (Å²) in [5.74, 6) is 0.510. The van der Waals surface area contributed by atoms with Crippen LogP contribution in [0.15, 0.2) is 12.1 Å². The quantitative estimate of drug-likeness (QED) is 0.806. The SMILES string of the molecule is COCC(C)CNc1ccc(C)nc1C. The second-order valence-electron chi connectivity index (χ2n) is 4.03. The molecule has 1 aromatic heterocycles. The van der Waals surface area contributed by atoms with Crippen molar-refractivity contribution in [3.8, 4) is 0 Å². The van der Waals surface area contributed by atoms with E-state index in [4.69, 9.17) is 4.74 Å². The topological polar surface area (TPSA) is 34.1 Å². The summed E-state index contributed by atoms with van der Waals surface area (Å²) >= 11 is 0. The fourth-order valence-corrected chi connectivity index (χ4v) is 1.50. The van der Waals surface area contributed by atoms with Crippen molar-refractivity contribution >= 4 is 5.69 Å². The zero-order chi connectivity index (χ0) is 11.3. The number of nitrogens with zero attached hydrogens (tertiary/aromatic N) is 1. The number of rotatable bonds is 5. The lowest BCUT2D eigenvalue weighted by atomic mass is 10.2. The largest absolute Gasteiger partial charge is 0.384 e. The molecule has 1 rings (SSSR count). The maximum absolute atomic E-state index is 5.09. The first kappa shape index (κ1) is 12.0. The number of nitrogens with one attached hydrogen (secondary N) is 1. The van der Waals surface area contributed by atoms with Crippen molar-refractivity contribution in [3.63, 3.8) is 0 Å². The highest BCUT2D eigenvalue weighted by Crippen LogP contribution is 2.13. The van der Waals surface area contributed by atoms with Crippen LogP contribution >= 0.6 is 0 Å². The number of aromatic nitrogens is 1. The van der Waals surface area contributed by atoms with E-state index in [1.807, 2.05) is 19.9 Å². The lowest BCUT2D eigenvalue weighted by Gasteiger charge is -2.14. The summed E-state index contributed by atoms with van der Waals surface area (Å²) in [7, 11) is 1.73. The number of methoxy groups -OCH3 is 1. The normalized spacial score (nSPS) is 12.5. The Bertz CT molecular complexity index is 312. The highest BCUT2D eigenvalue weighted by atomic mass is 16.5. The predicted octanol–water partition coefficient (Wildman–Crippen LogP) is 2.39. The van der Waals surface area contributed by atoms with Gasteiger partial charge in [0.25, 0.3) is 0 Å². The van der Waals surface area contributed by atoms with Crippen LogP contribution in [0.3, 0.4) is 0 Å². The van der Waals surface area contributed by atoms with E-state index < -0.39 is 0 Å². The number of anilines is 1. The summed E-state index contributed by atoms with van der Waals surface area (Å²) in [6.07, 6.45) is 0. The molecule has 84 valence electrons. The van der Waals surface area contributed by atoms with Crippen molar-refractivity contribution in [1.29, 1.82) is 0 Å². The molecular formula is C12H20N2O. The van der Waals surface area contributed by atoms with Crippen molar-refractivity contribution in [1.82, 2.24) is 4.98 Å². The van der Waals surface area contributed by atoms with Crippen LogP contribution in [0.2, 0.25) is 0 Å². The van der Waals surface area contributed by atoms with Gasteiger partial charge in [-0.15, -0.1) is 0 Å². The molecule has 1 unspecified atom stereocenters. The highest BCUT2D eigenvalue weighted by molar-refractivity contribution is 5.47. The molecule has 1 atom stereocenters. The molecule has 0 aliphatic heterocycles. The summed E-state index contributed by atoms with van der Waals surface area (Å²) < 4.78 is 5.09. The molecule has 0 aliphatic carbocycles. The second-order valence-corrected chi connectivity index (χ2v) is 4.03. The van der Waals surface area contributed by atoms with Crippen LogP contribution in [-0.2, 0) is 4.74 Å². The van der Waals surface area contributed by atoms with E-state index >= 15 is 0 Å². The molecule has 1 N–H and O–H groups in total. The van der Waals surface area contributed by atoms with Gasteiger partial charge in [0.05, 0.1) is 18.0 Å². The molecule has 3 nitrogen and oxygen atoms in total. The monoisotopic (exact) mass is 208 g/mol. The lowest BCUT2D eigenvalue weighted by Crippen LogP contribution is -2.16. The predicted molar refractivity (Wildman–Crippen MR) is 63.2 cm³/mol. The van der Waals surface area contributed by atoms with Crippen molar-refractivity contribution in [2.75, 3.05) is 25.6 Å². The van der Waals surface area contributed by atoms with Gasteiger partial charge in [-0.3, -0.25) is 4.98 Å². The number of aryl methyl sites for hydroxylation is 2. The van der Waals surface area contributed by atoms with Crippen LogP contribution in [0.5, 0.6) is 0 Å². The van der Waals surface area contributed by atoms with E-state index in [9.17, 15) is 0 Å². The third kappa shape index (κ3) is 3.88. The van der Waals surface area contributed by atoms with Crippen molar-refractivity contribution < 1.29 is 4.74 Å². The summed E-state index contributed by atoms with van der Waals surface area (Å²) in [4.78, 5) is 4.40. The Morgan fingerprint density at radius 2 is 2.13 bits per heavy atom. The van der Waals surface area contributed by atoms with E-state index in [-0.39, 0.29) is 0 Å². The Balaban J connectivity index is 2.50. The minimum Gasteiger partial charge on any atom is -0.384 e. The molecule has 0 saturated heterocycles. The van der Waals surface area contributed by atoms with Crippen LogP contribution in [0.25, 0.3) is 0 Å². The van der Waals surface area contributed by atoms with Gasteiger partial charge in [0, 0.05) is 19.3 Å². The van der Waals surface area contributed by atoms with Gasteiger partial charge in [-0.2, -0.15) is 0 Å². The average Bonchev–Trinajstić information content (AvgIpc) is 2.17. The van der Waals surface area contributed by atoms with Gasteiger partial charge in [-0.1, -0.05) is 6.92 Å². The molecular weight excluding hydrogens is 188 g/mol. The molecule has 0 bridgehead atoms. The number of ether oxygens (including phenoxy) is 1. The molecule has 1 aromatic rings. The van der Waals surface area contributed by atoms with Gasteiger partial charge < -0.3 is 10.1 Å². The minimum atomic E-state index is 0.510. The smallest absolute Gasteiger partial charge is 0.0606 e. The van der Waals surface area contributed by atoms with E-state index in [0.29, 0.717) is 5.92 Å². The maximum Gasteiger partial charge on any atom is 0.0606 e. The van der Waals surface area contributed by atoms with Gasteiger partial charge in [0.1, 0.15) is 0 Å². The van der Waals surface area contributed by atoms with Gasteiger partial charge in [0.2, 0.25) is 0 Å². The van der Waals surface area contributed by atoms with E-state index in [1.165, 1.54) is 0 Å². The fourth-order valence-electron chi connectivity index (χ4n) is 1.50. The summed E-state index contributed by atoms with van der Waals surface area (Å²) in [6.45, 7) is 7.89. The molecule has 0 radical (unpaired) electrons. The third-order valence-corrected chi connectivity index (χ3v) is 2.32. The summed E-state index contributed by atoms with van der Waals surface area (Å²) in [5, 5.41) is 3.38. The number of hydrogen-bond donors (Lipinski definition) is 1. The Kier molecular flexibility index (Phi) is 4.56. The Morgan fingerprint density at radius 3 is 2.73 bits per heavy atom. The fraction of sp³-hybridized carbons (Fsp3) is 0.583. The lowest BCUT2D eigenvalue weighted by molar-refractivity contribution is 0.164. The molecule has 0 aliphatic rings. The van der Waals surface area contributed by atoms with Crippen LogP contribution in [0.4, 0.5) is 5.69 Å². The highest BCUT2D eigenvalue weighted by Gasteiger charge is 2.03. The minimum absolute atomic E-state index is 0.510. The Morgan fingerprint density at radius 1 is 1.40 bits per heavy atom. The van der Waals surface area contributed by atoms with Gasteiger partial charge in [-0.25, -0.2) is 0 Å². The average molecular weight is 208 g/mol. The van der Waals surface area contributed by atoms with Crippen molar-refractivity contribution in [2.24, 2.45) is 5.92 Å². The number of pyridine rings is 1. The molecule has 0 amide bonds. The number of hydrogen-bond acceptors (Lipinski definition) is 3. The van der Waals surface area contributed by atoms with E-state index in [2.05, 4.69) is 23.3 Å². The Hall–Kier alpha value is -1.09. The van der Waals surface area contributed by atoms with Crippen LogP contribution < -0.4 is 5.32 Å². The molecule has 1 heterocycles. The molecule has 0 fully saturated rings. The first-order chi connectivity index (χ1) is 7.13. The molecule has 15 heavy (non-hydrogen) atoms. The van der Waals surface area contributed by atoms with Crippen LogP contribution in [0.1, 0.15) is 18.3 Å². The molecule has 0 aromatic carbocycles. The van der Waals surface area contributed by atoms with E-state index in [0.717, 1.165) is 30.2 Å². The summed E-state index contributed by atoms with van der Waals surface area (Å²) in [5.41, 5.74) is 3.23. The Labute approximate surface area is 91.9 Å². The molecule has 0 saturated carbocycles. The first-order valence-corrected chi connectivity index (χ1v) is 5.30. The van der Waals surface area contributed by atoms with Crippen molar-refractivity contribution in [3.05, 3.63) is 23.5 Å². The second kappa shape index (κ2) is 5.71. The molecule has 0 spiro atoms. The maximum atomic E-state index is 5.09. The summed E-state index contributed by atoms with van der Waals surface area (Å²) in [6, 6.07) is 4.10. The zero-order valence-corrected chi connectivity index (χ0v) is 10.0. The first-order valence-electron chi connectivity index (χ1n) is 5.30. The third-order valence-electron chi connectivity index (χ3n) is 2.32. The van der Waals surface area contributed by atoms with E-state index in [1.54, 1.807) is 7.11 Å². The standard InChI is InChI=1S/C12H20N2O/c1-9(8-15-4)7-13-12-6-5-10(2)14-11(12)3/h5-6,9,13H,7-8H2,1-4H3. The molecule has 3 heteroatoms. The van der Waals surface area contributed by atoms with Gasteiger partial charge in [-0.05, 0) is 31.9 Å². The van der Waals surface area contributed by atoms with Crippen LogP contribution in [-0.4, -0.2) is 25.2 Å². The van der Waals surface area contributed by atoms with Gasteiger partial charge >= 0.3 is 0 Å². The van der Waals surface area contributed by atoms with Crippen molar-refractivity contribution in [2.45, 2.75) is 20.8 Å². The zero-order valence-electron chi connectivity index (χ0n) is 10.0.